The van der Waals surface area contributed by atoms with Gasteiger partial charge in [0.05, 0.1) is 25.2 Å². The van der Waals surface area contributed by atoms with E-state index in [1.807, 2.05) is 17.0 Å². The summed E-state index contributed by atoms with van der Waals surface area (Å²) in [6.45, 7) is 5.15. The lowest BCUT2D eigenvalue weighted by Gasteiger charge is -2.38. The number of carbonyl (C=O) groups is 2. The largest absolute Gasteiger partial charge is 0.508 e. The van der Waals surface area contributed by atoms with Crippen LogP contribution in [-0.2, 0) is 20.7 Å². The van der Waals surface area contributed by atoms with E-state index in [-0.39, 0.29) is 29.3 Å². The number of rotatable bonds is 4. The number of nitrogens with zero attached hydrogens (tertiary/aromatic N) is 2. The summed E-state index contributed by atoms with van der Waals surface area (Å²) in [6.07, 6.45) is 0.442. The zero-order valence-corrected chi connectivity index (χ0v) is 19.5. The molecule has 8 nitrogen and oxygen atoms in total. The van der Waals surface area contributed by atoms with Crippen LogP contribution in [0.5, 0.6) is 5.75 Å². The van der Waals surface area contributed by atoms with Crippen molar-refractivity contribution in [2.75, 3.05) is 39.3 Å². The Balaban J connectivity index is 0.000000429. The van der Waals surface area contributed by atoms with Crippen molar-refractivity contribution in [3.8, 4) is 5.75 Å². The minimum Gasteiger partial charge on any atom is -0.508 e. The molecular weight excluding hydrogens is 469 g/mol. The summed E-state index contributed by atoms with van der Waals surface area (Å²) in [5, 5.41) is 26.4. The van der Waals surface area contributed by atoms with Crippen molar-refractivity contribution in [1.29, 1.82) is 0 Å². The minimum atomic E-state index is -5.08. The van der Waals surface area contributed by atoms with Gasteiger partial charge in [-0.15, -0.1) is 0 Å². The van der Waals surface area contributed by atoms with Crippen LogP contribution < -0.4 is 0 Å². The predicted molar refractivity (Wildman–Crippen MR) is 120 cm³/mol. The van der Waals surface area contributed by atoms with Crippen molar-refractivity contribution in [2.45, 2.75) is 56.9 Å². The van der Waals surface area contributed by atoms with E-state index in [1.54, 1.807) is 12.1 Å². The molecule has 0 saturated carbocycles. The summed E-state index contributed by atoms with van der Waals surface area (Å²) in [5.41, 5.74) is 1.16. The zero-order chi connectivity index (χ0) is 25.6. The van der Waals surface area contributed by atoms with Crippen LogP contribution in [-0.4, -0.2) is 94.7 Å². The van der Waals surface area contributed by atoms with E-state index >= 15 is 0 Å². The number of likely N-dealkylation sites (tertiary alicyclic amines) is 2. The number of carboxylic acids is 1. The van der Waals surface area contributed by atoms with Gasteiger partial charge in [0.1, 0.15) is 5.75 Å². The predicted octanol–water partition coefficient (Wildman–Crippen LogP) is 2.42. The molecule has 3 aliphatic heterocycles. The first-order valence-electron chi connectivity index (χ1n) is 11.8. The van der Waals surface area contributed by atoms with Crippen molar-refractivity contribution >= 4 is 11.9 Å². The molecular formula is C24H33F3N2O6. The normalized spacial score (nSPS) is 24.6. The third kappa shape index (κ3) is 8.08. The number of phenolic OH excluding ortho intramolecular Hbond substituents is 1. The molecule has 4 rings (SSSR count). The number of aliphatic hydroxyl groups excluding tert-OH is 1. The number of alkyl halides is 3. The maximum absolute atomic E-state index is 12.6. The van der Waals surface area contributed by atoms with E-state index in [2.05, 4.69) is 4.90 Å². The quantitative estimate of drug-likeness (QED) is 0.580. The molecule has 1 spiro atoms. The molecule has 3 heterocycles. The van der Waals surface area contributed by atoms with Gasteiger partial charge in [-0.1, -0.05) is 12.1 Å². The van der Waals surface area contributed by atoms with Gasteiger partial charge in [-0.05, 0) is 61.8 Å². The summed E-state index contributed by atoms with van der Waals surface area (Å²) >= 11 is 0. The van der Waals surface area contributed by atoms with Gasteiger partial charge in [-0.25, -0.2) is 4.79 Å². The summed E-state index contributed by atoms with van der Waals surface area (Å²) in [6, 6.07) is 6.88. The van der Waals surface area contributed by atoms with Gasteiger partial charge in [-0.3, -0.25) is 9.69 Å². The maximum Gasteiger partial charge on any atom is 0.490 e. The fourth-order valence-electron chi connectivity index (χ4n) is 4.98. The molecule has 2 atom stereocenters. The number of aromatic hydroxyl groups is 1. The Labute approximate surface area is 202 Å². The molecule has 35 heavy (non-hydrogen) atoms. The van der Waals surface area contributed by atoms with Gasteiger partial charge >= 0.3 is 12.1 Å². The van der Waals surface area contributed by atoms with Crippen molar-refractivity contribution in [3.05, 3.63) is 29.8 Å². The summed E-state index contributed by atoms with van der Waals surface area (Å²) in [5.74, 6) is -2.36. The van der Waals surface area contributed by atoms with Crippen LogP contribution in [0.15, 0.2) is 24.3 Å². The van der Waals surface area contributed by atoms with Gasteiger partial charge < -0.3 is 25.0 Å². The van der Waals surface area contributed by atoms with Gasteiger partial charge in [0.2, 0.25) is 5.91 Å². The molecule has 1 aromatic rings. The average Bonchev–Trinajstić information content (AvgIpc) is 3.17. The molecule has 0 bridgehead atoms. The van der Waals surface area contributed by atoms with E-state index < -0.39 is 12.1 Å². The molecule has 3 aliphatic rings. The molecule has 196 valence electrons. The fraction of sp³-hybridized carbons (Fsp3) is 0.667. The Hall–Kier alpha value is -2.37. The summed E-state index contributed by atoms with van der Waals surface area (Å²) in [4.78, 5) is 25.8. The van der Waals surface area contributed by atoms with Crippen LogP contribution >= 0.6 is 0 Å². The highest BCUT2D eigenvalue weighted by Crippen LogP contribution is 2.42. The molecule has 3 N–H and O–H groups in total. The molecule has 11 heteroatoms. The van der Waals surface area contributed by atoms with Crippen molar-refractivity contribution in [2.24, 2.45) is 5.41 Å². The van der Waals surface area contributed by atoms with Crippen molar-refractivity contribution in [3.63, 3.8) is 0 Å². The second-order valence-corrected chi connectivity index (χ2v) is 9.72. The molecule has 0 radical (unpaired) electrons. The lowest BCUT2D eigenvalue weighted by Crippen LogP contribution is -2.44. The fourth-order valence-corrected chi connectivity index (χ4v) is 4.98. The van der Waals surface area contributed by atoms with Crippen LogP contribution in [0.25, 0.3) is 0 Å². The number of ether oxygens (including phenoxy) is 1. The zero-order valence-electron chi connectivity index (χ0n) is 19.5. The van der Waals surface area contributed by atoms with Crippen molar-refractivity contribution < 1.29 is 42.8 Å². The number of carboxylic acid groups (broad SMARTS) is 1. The monoisotopic (exact) mass is 502 g/mol. The molecule has 3 saturated heterocycles. The molecule has 1 amide bonds. The first-order chi connectivity index (χ1) is 16.5. The van der Waals surface area contributed by atoms with Gasteiger partial charge in [-0.2, -0.15) is 13.2 Å². The number of β-amino-alcohol motifs (C(OH)–C–C–N with tert-alkyl or cyclic N) is 1. The Kier molecular flexibility index (Phi) is 9.00. The van der Waals surface area contributed by atoms with Crippen LogP contribution in [0, 0.1) is 5.41 Å². The van der Waals surface area contributed by atoms with E-state index in [0.29, 0.717) is 6.42 Å². The number of hydrogen-bond donors (Lipinski definition) is 3. The van der Waals surface area contributed by atoms with Gasteiger partial charge in [0.25, 0.3) is 0 Å². The average molecular weight is 503 g/mol. The second-order valence-electron chi connectivity index (χ2n) is 9.72. The molecule has 0 aliphatic carbocycles. The molecule has 0 aromatic heterocycles. The number of amides is 1. The number of hydrogen-bond acceptors (Lipinski definition) is 6. The van der Waals surface area contributed by atoms with Crippen LogP contribution in [0.3, 0.4) is 0 Å². The van der Waals surface area contributed by atoms with Crippen LogP contribution in [0.1, 0.15) is 37.7 Å². The third-order valence-electron chi connectivity index (χ3n) is 6.94. The highest BCUT2D eigenvalue weighted by Gasteiger charge is 2.43. The number of piperidine rings is 2. The SMILES string of the molecule is O=C(Cc1ccc(O)cc1)N1CCC2(CC1)COC(CN1CCCC(O)C1)C2.O=C(O)C(F)(F)F. The smallest absolute Gasteiger partial charge is 0.490 e. The van der Waals surface area contributed by atoms with Crippen molar-refractivity contribution in [1.82, 2.24) is 9.80 Å². The number of benzene rings is 1. The van der Waals surface area contributed by atoms with E-state index in [1.165, 1.54) is 0 Å². The third-order valence-corrected chi connectivity index (χ3v) is 6.94. The number of halogens is 3. The Morgan fingerprint density at radius 1 is 1.11 bits per heavy atom. The number of aliphatic hydroxyl groups is 1. The van der Waals surface area contributed by atoms with Gasteiger partial charge in [0, 0.05) is 26.2 Å². The van der Waals surface area contributed by atoms with Crippen LogP contribution in [0.4, 0.5) is 13.2 Å². The molecule has 3 fully saturated rings. The van der Waals surface area contributed by atoms with E-state index in [4.69, 9.17) is 14.6 Å². The summed E-state index contributed by atoms with van der Waals surface area (Å²) in [7, 11) is 0. The standard InChI is InChI=1S/C22H32N2O4.C2HF3O2/c25-18-5-3-17(4-6-18)12-21(27)24-10-7-22(8-11-24)13-20(28-16-22)15-23-9-1-2-19(26)14-23;3-2(4,5)1(6)7/h3-6,19-20,25-26H,1-2,7-16H2;(H,6,7). The lowest BCUT2D eigenvalue weighted by molar-refractivity contribution is -0.192. The Morgan fingerprint density at radius 3 is 2.31 bits per heavy atom. The summed E-state index contributed by atoms with van der Waals surface area (Å²) < 4.78 is 37.9. The number of phenols is 1. The molecule has 1 aromatic carbocycles. The van der Waals surface area contributed by atoms with E-state index in [0.717, 1.165) is 77.0 Å². The maximum atomic E-state index is 12.6. The first kappa shape index (κ1) is 27.2. The molecule has 2 unspecified atom stereocenters. The topological polar surface area (TPSA) is 111 Å². The second kappa shape index (κ2) is 11.6. The Morgan fingerprint density at radius 2 is 1.74 bits per heavy atom. The van der Waals surface area contributed by atoms with E-state index in [9.17, 15) is 28.2 Å². The highest BCUT2D eigenvalue weighted by molar-refractivity contribution is 5.79. The lowest BCUT2D eigenvalue weighted by atomic mass is 9.76. The van der Waals surface area contributed by atoms with Gasteiger partial charge in [0.15, 0.2) is 0 Å². The first-order valence-corrected chi connectivity index (χ1v) is 11.8. The minimum absolute atomic E-state index is 0.165. The number of carbonyl (C=O) groups excluding carboxylic acids is 1. The Bertz CT molecular complexity index is 856. The highest BCUT2D eigenvalue weighted by atomic mass is 19.4. The van der Waals surface area contributed by atoms with Crippen LogP contribution in [0.2, 0.25) is 0 Å². The number of aliphatic carboxylic acids is 1.